The van der Waals surface area contributed by atoms with Crippen LogP contribution in [0.15, 0.2) is 26.9 Å². The Bertz CT molecular complexity index is 567. The largest absolute Gasteiger partial charge is 0.354 e. The zero-order chi connectivity index (χ0) is 14.5. The molecule has 2 aromatic rings. The van der Waals surface area contributed by atoms with Crippen LogP contribution in [0.25, 0.3) is 0 Å². The summed E-state index contributed by atoms with van der Waals surface area (Å²) in [4.78, 5) is 16.0. The van der Waals surface area contributed by atoms with Gasteiger partial charge in [-0.2, -0.15) is 15.0 Å². The fourth-order valence-corrected chi connectivity index (χ4v) is 3.89. The molecule has 0 atom stereocenters. The van der Waals surface area contributed by atoms with Crippen LogP contribution in [0, 0.1) is 0 Å². The van der Waals surface area contributed by atoms with E-state index in [2.05, 4.69) is 43.5 Å². The minimum atomic E-state index is 0.673. The Hall–Kier alpha value is -1.34. The van der Waals surface area contributed by atoms with E-state index in [1.807, 2.05) is 6.07 Å². The molecule has 0 amide bonds. The summed E-state index contributed by atoms with van der Waals surface area (Å²) < 4.78 is 1.20. The molecule has 0 radical (unpaired) electrons. The van der Waals surface area contributed by atoms with E-state index in [-0.39, 0.29) is 0 Å². The van der Waals surface area contributed by atoms with E-state index in [9.17, 15) is 0 Å². The highest BCUT2D eigenvalue weighted by molar-refractivity contribution is 8.01. The predicted octanol–water partition coefficient (Wildman–Crippen LogP) is 3.51. The Kier molecular flexibility index (Phi) is 4.92. The molecule has 0 saturated carbocycles. The van der Waals surface area contributed by atoms with E-state index in [1.165, 1.54) is 23.5 Å². The number of nitrogens with zero attached hydrogens (tertiary/aromatic N) is 4. The number of thiophene rings is 1. The smallest absolute Gasteiger partial charge is 0.231 e. The van der Waals surface area contributed by atoms with E-state index in [1.54, 1.807) is 23.1 Å². The van der Waals surface area contributed by atoms with Gasteiger partial charge in [-0.1, -0.05) is 6.07 Å². The minimum Gasteiger partial charge on any atom is -0.354 e. The van der Waals surface area contributed by atoms with Gasteiger partial charge in [0.1, 0.15) is 0 Å². The lowest BCUT2D eigenvalue weighted by Gasteiger charge is -2.26. The van der Waals surface area contributed by atoms with Gasteiger partial charge in [-0.15, -0.1) is 11.3 Å². The van der Waals surface area contributed by atoms with Crippen molar-refractivity contribution < 1.29 is 0 Å². The topological polar surface area (TPSA) is 53.9 Å². The summed E-state index contributed by atoms with van der Waals surface area (Å²) in [6.45, 7) is 4.94. The molecule has 0 spiro atoms. The van der Waals surface area contributed by atoms with Crippen LogP contribution < -0.4 is 10.2 Å². The van der Waals surface area contributed by atoms with Crippen molar-refractivity contribution in [3.05, 3.63) is 17.5 Å². The molecule has 0 aromatic carbocycles. The highest BCUT2D eigenvalue weighted by Crippen LogP contribution is 2.30. The SMILES string of the molecule is CCNc1nc(Sc2cccs2)nc(N2CCCCC2)n1. The highest BCUT2D eigenvalue weighted by atomic mass is 32.2. The fourth-order valence-electron chi connectivity index (χ4n) is 2.28. The van der Waals surface area contributed by atoms with Gasteiger partial charge in [0.05, 0.1) is 4.21 Å². The van der Waals surface area contributed by atoms with Gasteiger partial charge in [-0.25, -0.2) is 0 Å². The number of hydrogen-bond acceptors (Lipinski definition) is 7. The van der Waals surface area contributed by atoms with Gasteiger partial charge in [0.15, 0.2) is 5.16 Å². The van der Waals surface area contributed by atoms with Crippen molar-refractivity contribution in [1.82, 2.24) is 15.0 Å². The standard InChI is InChI=1S/C14H19N5S2/c1-2-15-12-16-13(19-8-4-3-5-9-19)18-14(17-12)21-11-7-6-10-20-11/h6-7,10H,2-5,8-9H2,1H3,(H,15,16,17,18). The monoisotopic (exact) mass is 321 g/mol. The van der Waals surface area contributed by atoms with Crippen molar-refractivity contribution in [3.63, 3.8) is 0 Å². The molecule has 112 valence electrons. The van der Waals surface area contributed by atoms with Crippen molar-refractivity contribution in [2.45, 2.75) is 35.6 Å². The molecule has 3 rings (SSSR count). The third-order valence-corrected chi connectivity index (χ3v) is 5.17. The Morgan fingerprint density at radius 1 is 1.24 bits per heavy atom. The first kappa shape index (κ1) is 14.6. The number of aromatic nitrogens is 3. The van der Waals surface area contributed by atoms with Crippen LogP contribution >= 0.6 is 23.1 Å². The van der Waals surface area contributed by atoms with Crippen LogP contribution in [0.3, 0.4) is 0 Å². The van der Waals surface area contributed by atoms with E-state index >= 15 is 0 Å². The van der Waals surface area contributed by atoms with Crippen molar-refractivity contribution >= 4 is 35.0 Å². The fraction of sp³-hybridized carbons (Fsp3) is 0.500. The van der Waals surface area contributed by atoms with Crippen LogP contribution in [0.1, 0.15) is 26.2 Å². The normalized spacial score (nSPS) is 15.2. The lowest BCUT2D eigenvalue weighted by Crippen LogP contribution is -2.31. The van der Waals surface area contributed by atoms with Gasteiger partial charge in [-0.05, 0) is 49.4 Å². The molecule has 0 unspecified atom stereocenters. The van der Waals surface area contributed by atoms with E-state index in [0.29, 0.717) is 5.95 Å². The van der Waals surface area contributed by atoms with Gasteiger partial charge in [0, 0.05) is 19.6 Å². The van der Waals surface area contributed by atoms with Gasteiger partial charge in [0.25, 0.3) is 0 Å². The van der Waals surface area contributed by atoms with Crippen LogP contribution in [0.2, 0.25) is 0 Å². The molecule has 1 fully saturated rings. The van der Waals surface area contributed by atoms with Gasteiger partial charge in [0.2, 0.25) is 11.9 Å². The molecule has 1 saturated heterocycles. The van der Waals surface area contributed by atoms with Crippen LogP contribution in [-0.4, -0.2) is 34.6 Å². The molecule has 5 nitrogen and oxygen atoms in total. The van der Waals surface area contributed by atoms with Crippen LogP contribution in [-0.2, 0) is 0 Å². The summed E-state index contributed by atoms with van der Waals surface area (Å²) >= 11 is 3.31. The third-order valence-electron chi connectivity index (χ3n) is 3.26. The van der Waals surface area contributed by atoms with Crippen LogP contribution in [0.4, 0.5) is 11.9 Å². The third kappa shape index (κ3) is 3.85. The highest BCUT2D eigenvalue weighted by Gasteiger charge is 2.16. The summed E-state index contributed by atoms with van der Waals surface area (Å²) in [5, 5.41) is 6.05. The second-order valence-electron chi connectivity index (χ2n) is 4.85. The maximum Gasteiger partial charge on any atom is 0.231 e. The maximum atomic E-state index is 4.65. The zero-order valence-electron chi connectivity index (χ0n) is 12.1. The number of anilines is 2. The molecule has 0 aliphatic carbocycles. The molecule has 0 bridgehead atoms. The lowest BCUT2D eigenvalue weighted by molar-refractivity contribution is 0.565. The van der Waals surface area contributed by atoms with Crippen molar-refractivity contribution in [2.24, 2.45) is 0 Å². The quantitative estimate of drug-likeness (QED) is 0.909. The maximum absolute atomic E-state index is 4.65. The first-order chi connectivity index (χ1) is 10.3. The second-order valence-corrected chi connectivity index (χ2v) is 7.07. The van der Waals surface area contributed by atoms with E-state index in [4.69, 9.17) is 0 Å². The zero-order valence-corrected chi connectivity index (χ0v) is 13.7. The van der Waals surface area contributed by atoms with E-state index < -0.39 is 0 Å². The first-order valence-electron chi connectivity index (χ1n) is 7.31. The Labute approximate surface area is 133 Å². The van der Waals surface area contributed by atoms with E-state index in [0.717, 1.165) is 30.7 Å². The number of rotatable bonds is 5. The Morgan fingerprint density at radius 3 is 2.81 bits per heavy atom. The number of nitrogens with one attached hydrogen (secondary N) is 1. The number of piperidine rings is 1. The van der Waals surface area contributed by atoms with Gasteiger partial charge < -0.3 is 10.2 Å². The van der Waals surface area contributed by atoms with Crippen molar-refractivity contribution in [3.8, 4) is 0 Å². The molecule has 1 N–H and O–H groups in total. The summed E-state index contributed by atoms with van der Waals surface area (Å²) in [5.74, 6) is 1.48. The molecule has 3 heterocycles. The Morgan fingerprint density at radius 2 is 2.10 bits per heavy atom. The molecular weight excluding hydrogens is 302 g/mol. The second kappa shape index (κ2) is 7.09. The molecular formula is C14H19N5S2. The average molecular weight is 321 g/mol. The summed E-state index contributed by atoms with van der Waals surface area (Å²) in [7, 11) is 0. The average Bonchev–Trinajstić information content (AvgIpc) is 3.01. The predicted molar refractivity (Wildman–Crippen MR) is 88.5 cm³/mol. The summed E-state index contributed by atoms with van der Waals surface area (Å²) in [6.07, 6.45) is 3.74. The van der Waals surface area contributed by atoms with Crippen molar-refractivity contribution in [1.29, 1.82) is 0 Å². The van der Waals surface area contributed by atoms with Crippen molar-refractivity contribution in [2.75, 3.05) is 29.9 Å². The molecule has 21 heavy (non-hydrogen) atoms. The molecule has 1 aliphatic heterocycles. The first-order valence-corrected chi connectivity index (χ1v) is 9.01. The minimum absolute atomic E-state index is 0.673. The summed E-state index contributed by atoms with van der Waals surface area (Å²) in [6, 6.07) is 4.14. The van der Waals surface area contributed by atoms with Crippen LogP contribution in [0.5, 0.6) is 0 Å². The molecule has 7 heteroatoms. The molecule has 2 aromatic heterocycles. The molecule has 1 aliphatic rings. The Balaban J connectivity index is 1.85. The lowest BCUT2D eigenvalue weighted by atomic mass is 10.1. The van der Waals surface area contributed by atoms with Gasteiger partial charge >= 0.3 is 0 Å². The van der Waals surface area contributed by atoms with Gasteiger partial charge in [-0.3, -0.25) is 0 Å². The number of hydrogen-bond donors (Lipinski definition) is 1. The summed E-state index contributed by atoms with van der Waals surface area (Å²) in [5.41, 5.74) is 0.